The molecule has 1 aliphatic carbocycles. The van der Waals surface area contributed by atoms with E-state index < -0.39 is 0 Å². The van der Waals surface area contributed by atoms with Crippen LogP contribution in [-0.4, -0.2) is 53.3 Å². The van der Waals surface area contributed by atoms with Crippen molar-refractivity contribution >= 4 is 16.7 Å². The van der Waals surface area contributed by atoms with Crippen molar-refractivity contribution < 1.29 is 9.47 Å². The summed E-state index contributed by atoms with van der Waals surface area (Å²) in [4.78, 5) is 11.3. The lowest BCUT2D eigenvalue weighted by atomic mass is 9.89. The number of fused-ring (bicyclic) bond motifs is 2. The number of benzene rings is 2. The van der Waals surface area contributed by atoms with Gasteiger partial charge in [-0.1, -0.05) is 43.5 Å². The van der Waals surface area contributed by atoms with Crippen LogP contribution in [0.15, 0.2) is 42.5 Å². The summed E-state index contributed by atoms with van der Waals surface area (Å²) in [5.74, 6) is 2.69. The number of morpholine rings is 1. The van der Waals surface area contributed by atoms with Gasteiger partial charge in [-0.2, -0.15) is 0 Å². The zero-order chi connectivity index (χ0) is 22.2. The molecule has 3 heterocycles. The molecule has 6 nitrogen and oxygen atoms in total. The van der Waals surface area contributed by atoms with Gasteiger partial charge in [0.15, 0.2) is 0 Å². The van der Waals surface area contributed by atoms with Gasteiger partial charge < -0.3 is 19.8 Å². The summed E-state index contributed by atoms with van der Waals surface area (Å²) in [6, 6.07) is 15.3. The number of ether oxygens (including phenoxy) is 2. The number of nitrogens with zero attached hydrogens (tertiary/aromatic N) is 2. The average Bonchev–Trinajstić information content (AvgIpc) is 3.30. The highest BCUT2D eigenvalue weighted by Gasteiger charge is 2.37. The Morgan fingerprint density at radius 2 is 1.94 bits per heavy atom. The number of para-hydroxylation sites is 2. The Morgan fingerprint density at radius 1 is 1.06 bits per heavy atom. The lowest BCUT2D eigenvalue weighted by molar-refractivity contribution is -0.0465. The van der Waals surface area contributed by atoms with Crippen molar-refractivity contribution in [3.63, 3.8) is 0 Å². The Hall–Kier alpha value is -2.57. The maximum Gasteiger partial charge on any atom is 0.124 e. The molecule has 2 aromatic carbocycles. The summed E-state index contributed by atoms with van der Waals surface area (Å²) >= 11 is 0. The molecule has 2 N–H and O–H groups in total. The van der Waals surface area contributed by atoms with Crippen molar-refractivity contribution in [2.24, 2.45) is 0 Å². The summed E-state index contributed by atoms with van der Waals surface area (Å²) in [5, 5.41) is 3.91. The van der Waals surface area contributed by atoms with Gasteiger partial charge in [-0.05, 0) is 38.0 Å². The molecule has 2 aliphatic heterocycles. The third-order valence-electron chi connectivity index (χ3n) is 7.62. The van der Waals surface area contributed by atoms with Crippen LogP contribution in [0.4, 0.5) is 5.69 Å². The molecule has 3 aliphatic rings. The van der Waals surface area contributed by atoms with Gasteiger partial charge in [-0.3, -0.25) is 4.90 Å². The van der Waals surface area contributed by atoms with E-state index in [-0.39, 0.29) is 18.2 Å². The van der Waals surface area contributed by atoms with Crippen molar-refractivity contribution in [3.05, 3.63) is 53.9 Å². The number of anilines is 1. The van der Waals surface area contributed by atoms with Crippen LogP contribution < -0.4 is 10.1 Å². The van der Waals surface area contributed by atoms with Gasteiger partial charge in [-0.25, -0.2) is 4.98 Å². The molecule has 6 rings (SSSR count). The maximum atomic E-state index is 6.22. The van der Waals surface area contributed by atoms with E-state index in [4.69, 9.17) is 14.5 Å². The van der Waals surface area contributed by atoms with Gasteiger partial charge in [0.25, 0.3) is 0 Å². The number of hydrogen-bond acceptors (Lipinski definition) is 5. The fourth-order valence-corrected chi connectivity index (χ4v) is 5.89. The Balaban J connectivity index is 1.35. The Labute approximate surface area is 195 Å². The van der Waals surface area contributed by atoms with E-state index in [2.05, 4.69) is 64.6 Å². The van der Waals surface area contributed by atoms with E-state index >= 15 is 0 Å². The standard InChI is InChI=1S/C27H34N4O2/c1-18-16-31(14-15-32-18)23-17-33-24-13-6-5-10-20(24)25(23)28-21-11-7-12-22-26(21)30-27(29-22)19-8-3-2-4-9-19/h5-7,10-13,18-19,23,25,28H,2-4,8-9,14-17H2,1H3,(H,29,30). The Bertz CT molecular complexity index is 1110. The van der Waals surface area contributed by atoms with Crippen LogP contribution in [0.2, 0.25) is 0 Å². The predicted octanol–water partition coefficient (Wildman–Crippen LogP) is 5.25. The minimum absolute atomic E-state index is 0.126. The van der Waals surface area contributed by atoms with Gasteiger partial charge in [0.2, 0.25) is 0 Å². The first-order chi connectivity index (χ1) is 16.3. The van der Waals surface area contributed by atoms with Gasteiger partial charge in [-0.15, -0.1) is 0 Å². The zero-order valence-electron chi connectivity index (χ0n) is 19.4. The second-order valence-corrected chi connectivity index (χ2v) is 9.87. The highest BCUT2D eigenvalue weighted by atomic mass is 16.5. The van der Waals surface area contributed by atoms with Crippen LogP contribution in [-0.2, 0) is 4.74 Å². The lowest BCUT2D eigenvalue weighted by Crippen LogP contribution is -2.54. The number of imidazole rings is 1. The average molecular weight is 447 g/mol. The SMILES string of the molecule is CC1CN(C2COc3ccccc3C2Nc2cccc3[nH]c(C4CCCCC4)nc23)CCO1. The van der Waals surface area contributed by atoms with Crippen LogP contribution in [0.5, 0.6) is 5.75 Å². The normalized spacial score (nSPS) is 26.6. The van der Waals surface area contributed by atoms with Crippen LogP contribution in [0.3, 0.4) is 0 Å². The molecule has 3 unspecified atom stereocenters. The molecule has 0 amide bonds. The predicted molar refractivity (Wildman–Crippen MR) is 131 cm³/mol. The monoisotopic (exact) mass is 446 g/mol. The number of rotatable bonds is 4. The molecule has 3 atom stereocenters. The summed E-state index contributed by atoms with van der Waals surface area (Å²) in [7, 11) is 0. The highest BCUT2D eigenvalue weighted by Crippen LogP contribution is 2.39. The number of aromatic amines is 1. The van der Waals surface area contributed by atoms with Crippen molar-refractivity contribution in [2.75, 3.05) is 31.6 Å². The topological polar surface area (TPSA) is 62.4 Å². The zero-order valence-corrected chi connectivity index (χ0v) is 19.4. The van der Waals surface area contributed by atoms with Crippen LogP contribution >= 0.6 is 0 Å². The van der Waals surface area contributed by atoms with Gasteiger partial charge >= 0.3 is 0 Å². The molecule has 0 bridgehead atoms. The molecule has 6 heteroatoms. The minimum Gasteiger partial charge on any atom is -0.491 e. The maximum absolute atomic E-state index is 6.22. The quantitative estimate of drug-likeness (QED) is 0.573. The third kappa shape index (κ3) is 4.11. The molecule has 1 saturated carbocycles. The van der Waals surface area contributed by atoms with E-state index in [1.165, 1.54) is 37.7 Å². The van der Waals surface area contributed by atoms with E-state index in [1.807, 2.05) is 0 Å². The number of nitrogens with one attached hydrogen (secondary N) is 2. The van der Waals surface area contributed by atoms with E-state index in [1.54, 1.807) is 0 Å². The first-order valence-electron chi connectivity index (χ1n) is 12.6. The van der Waals surface area contributed by atoms with Crippen molar-refractivity contribution in [1.82, 2.24) is 14.9 Å². The summed E-state index contributed by atoms with van der Waals surface area (Å²) in [6.07, 6.45) is 6.70. The van der Waals surface area contributed by atoms with E-state index in [0.29, 0.717) is 12.5 Å². The molecular formula is C27H34N4O2. The molecule has 3 aromatic rings. The fourth-order valence-electron chi connectivity index (χ4n) is 5.89. The summed E-state index contributed by atoms with van der Waals surface area (Å²) in [6.45, 7) is 5.45. The summed E-state index contributed by atoms with van der Waals surface area (Å²) < 4.78 is 12.0. The molecule has 0 spiro atoms. The second kappa shape index (κ2) is 8.99. The minimum atomic E-state index is 0.126. The van der Waals surface area contributed by atoms with Gasteiger partial charge in [0, 0.05) is 24.6 Å². The highest BCUT2D eigenvalue weighted by molar-refractivity contribution is 5.88. The number of hydrogen-bond donors (Lipinski definition) is 2. The number of H-pyrrole nitrogens is 1. The van der Waals surface area contributed by atoms with Crippen LogP contribution in [0.25, 0.3) is 11.0 Å². The molecule has 2 fully saturated rings. The largest absolute Gasteiger partial charge is 0.491 e. The third-order valence-corrected chi connectivity index (χ3v) is 7.62. The van der Waals surface area contributed by atoms with Gasteiger partial charge in [0.05, 0.1) is 36.0 Å². The van der Waals surface area contributed by atoms with Crippen molar-refractivity contribution in [1.29, 1.82) is 0 Å². The molecular weight excluding hydrogens is 412 g/mol. The number of aromatic nitrogens is 2. The Morgan fingerprint density at radius 3 is 2.82 bits per heavy atom. The van der Waals surface area contributed by atoms with Crippen molar-refractivity contribution in [2.45, 2.75) is 63.1 Å². The summed E-state index contributed by atoms with van der Waals surface area (Å²) in [5.41, 5.74) is 4.49. The molecule has 33 heavy (non-hydrogen) atoms. The van der Waals surface area contributed by atoms with Crippen LogP contribution in [0, 0.1) is 0 Å². The van der Waals surface area contributed by atoms with E-state index in [9.17, 15) is 0 Å². The van der Waals surface area contributed by atoms with Crippen LogP contribution in [0.1, 0.15) is 62.4 Å². The molecule has 1 saturated heterocycles. The smallest absolute Gasteiger partial charge is 0.124 e. The fraction of sp³-hybridized carbons (Fsp3) is 0.519. The van der Waals surface area contributed by atoms with E-state index in [0.717, 1.165) is 48.0 Å². The van der Waals surface area contributed by atoms with Gasteiger partial charge in [0.1, 0.15) is 23.7 Å². The lowest BCUT2D eigenvalue weighted by Gasteiger charge is -2.44. The first-order valence-corrected chi connectivity index (χ1v) is 12.6. The Kier molecular flexibility index (Phi) is 5.72. The molecule has 1 aromatic heterocycles. The van der Waals surface area contributed by atoms with Crippen molar-refractivity contribution in [3.8, 4) is 5.75 Å². The second-order valence-electron chi connectivity index (χ2n) is 9.87. The molecule has 0 radical (unpaired) electrons. The first kappa shape index (κ1) is 21.0. The molecule has 174 valence electrons.